The highest BCUT2D eigenvalue weighted by Crippen LogP contribution is 2.20. The van der Waals surface area contributed by atoms with E-state index < -0.39 is 0 Å². The molecule has 1 aromatic rings. The minimum absolute atomic E-state index is 0.0700. The first-order valence-electron chi connectivity index (χ1n) is 9.81. The smallest absolute Gasteiger partial charge is 0.234 e. The molecule has 1 N–H and O–H groups in total. The van der Waals surface area contributed by atoms with Crippen LogP contribution in [0.5, 0.6) is 5.75 Å². The summed E-state index contributed by atoms with van der Waals surface area (Å²) in [5.41, 5.74) is 1.19. The molecule has 2 fully saturated rings. The van der Waals surface area contributed by atoms with Crippen molar-refractivity contribution in [2.75, 3.05) is 64.4 Å². The molecule has 148 valence electrons. The Morgan fingerprint density at radius 3 is 2.48 bits per heavy atom. The highest BCUT2D eigenvalue weighted by atomic mass is 16.5. The minimum Gasteiger partial charge on any atom is -0.497 e. The Labute approximate surface area is 161 Å². The second-order valence-corrected chi connectivity index (χ2v) is 7.15. The van der Waals surface area contributed by atoms with Crippen LogP contribution in [0.4, 0.5) is 5.69 Å². The van der Waals surface area contributed by atoms with Gasteiger partial charge in [0.1, 0.15) is 5.75 Å². The molecule has 7 heteroatoms. The quantitative estimate of drug-likeness (QED) is 0.687. The Kier molecular flexibility index (Phi) is 6.92. The Balaban J connectivity index is 1.31. The highest BCUT2D eigenvalue weighted by Gasteiger charge is 2.20. The number of nitrogens with zero attached hydrogens (tertiary/aromatic N) is 3. The number of amides is 2. The summed E-state index contributed by atoms with van der Waals surface area (Å²) in [6.45, 7) is 6.27. The summed E-state index contributed by atoms with van der Waals surface area (Å²) in [6.07, 6.45) is 2.46. The van der Waals surface area contributed by atoms with Crippen molar-refractivity contribution in [1.82, 2.24) is 15.1 Å². The maximum absolute atomic E-state index is 12.1. The van der Waals surface area contributed by atoms with Crippen LogP contribution in [0.2, 0.25) is 0 Å². The van der Waals surface area contributed by atoms with Gasteiger partial charge in [0.15, 0.2) is 0 Å². The molecule has 2 aliphatic rings. The van der Waals surface area contributed by atoms with Gasteiger partial charge < -0.3 is 19.9 Å². The summed E-state index contributed by atoms with van der Waals surface area (Å²) in [5, 5.41) is 2.98. The van der Waals surface area contributed by atoms with E-state index in [2.05, 4.69) is 27.2 Å². The zero-order chi connectivity index (χ0) is 19.1. The molecular weight excluding hydrogens is 344 g/mol. The molecule has 0 unspecified atom stereocenters. The zero-order valence-corrected chi connectivity index (χ0v) is 16.2. The molecule has 2 aliphatic heterocycles. The van der Waals surface area contributed by atoms with Crippen LogP contribution in [0, 0.1) is 0 Å². The topological polar surface area (TPSA) is 65.1 Å². The Hall–Kier alpha value is -2.28. The maximum Gasteiger partial charge on any atom is 0.234 e. The van der Waals surface area contributed by atoms with E-state index in [1.807, 2.05) is 17.0 Å². The molecule has 0 bridgehead atoms. The van der Waals surface area contributed by atoms with E-state index in [4.69, 9.17) is 4.74 Å². The molecule has 0 aliphatic carbocycles. The van der Waals surface area contributed by atoms with Crippen molar-refractivity contribution in [1.29, 1.82) is 0 Å². The van der Waals surface area contributed by atoms with Gasteiger partial charge in [0.05, 0.1) is 13.7 Å². The van der Waals surface area contributed by atoms with Crippen LogP contribution in [-0.4, -0.2) is 81.1 Å². The molecule has 2 heterocycles. The number of carbonyl (C=O) groups is 2. The fourth-order valence-corrected chi connectivity index (χ4v) is 3.65. The van der Waals surface area contributed by atoms with Gasteiger partial charge in [0.2, 0.25) is 11.8 Å². The first-order chi connectivity index (χ1) is 13.2. The lowest BCUT2D eigenvalue weighted by Gasteiger charge is -2.35. The number of carbonyl (C=O) groups excluding carboxylic acids is 2. The molecule has 0 atom stereocenters. The molecule has 0 aromatic heterocycles. The number of piperazine rings is 1. The predicted octanol–water partition coefficient (Wildman–Crippen LogP) is 0.946. The predicted molar refractivity (Wildman–Crippen MR) is 105 cm³/mol. The van der Waals surface area contributed by atoms with Gasteiger partial charge in [0.25, 0.3) is 0 Å². The van der Waals surface area contributed by atoms with E-state index in [0.717, 1.165) is 57.9 Å². The third-order valence-corrected chi connectivity index (χ3v) is 5.28. The monoisotopic (exact) mass is 374 g/mol. The SMILES string of the molecule is COc1ccc(N2CCN(CC(=O)NCCCN3CCCC3=O)CC2)cc1. The second-order valence-electron chi connectivity index (χ2n) is 7.15. The summed E-state index contributed by atoms with van der Waals surface area (Å²) >= 11 is 0. The van der Waals surface area contributed by atoms with E-state index >= 15 is 0 Å². The summed E-state index contributed by atoms with van der Waals surface area (Å²) in [4.78, 5) is 30.1. The van der Waals surface area contributed by atoms with E-state index in [9.17, 15) is 9.59 Å². The molecule has 2 amide bonds. The van der Waals surface area contributed by atoms with Gasteiger partial charge in [-0.1, -0.05) is 0 Å². The van der Waals surface area contributed by atoms with Crippen molar-refractivity contribution in [3.8, 4) is 5.75 Å². The number of hydrogen-bond donors (Lipinski definition) is 1. The molecule has 0 saturated carbocycles. The second kappa shape index (κ2) is 9.60. The number of anilines is 1. The number of methoxy groups -OCH3 is 1. The lowest BCUT2D eigenvalue weighted by Crippen LogP contribution is -2.49. The van der Waals surface area contributed by atoms with Gasteiger partial charge in [-0.2, -0.15) is 0 Å². The zero-order valence-electron chi connectivity index (χ0n) is 16.2. The van der Waals surface area contributed by atoms with Crippen molar-refractivity contribution >= 4 is 17.5 Å². The third-order valence-electron chi connectivity index (χ3n) is 5.28. The average molecular weight is 374 g/mol. The molecule has 2 saturated heterocycles. The summed E-state index contributed by atoms with van der Waals surface area (Å²) in [6, 6.07) is 8.11. The van der Waals surface area contributed by atoms with E-state index in [1.165, 1.54) is 5.69 Å². The molecule has 3 rings (SSSR count). The standard InChI is InChI=1S/C20H30N4O3/c1-27-18-7-5-17(6-8-18)23-14-12-22(13-15-23)16-19(25)21-9-3-11-24-10-2-4-20(24)26/h5-8H,2-4,9-16H2,1H3,(H,21,25). The fraction of sp³-hybridized carbons (Fsp3) is 0.600. The first-order valence-corrected chi connectivity index (χ1v) is 9.81. The number of hydrogen-bond acceptors (Lipinski definition) is 5. The van der Waals surface area contributed by atoms with E-state index in [-0.39, 0.29) is 11.8 Å². The van der Waals surface area contributed by atoms with Crippen molar-refractivity contribution in [2.45, 2.75) is 19.3 Å². The summed E-state index contributed by atoms with van der Waals surface area (Å²) in [7, 11) is 1.67. The van der Waals surface area contributed by atoms with Gasteiger partial charge in [0, 0.05) is 57.9 Å². The van der Waals surface area contributed by atoms with Gasteiger partial charge in [-0.15, -0.1) is 0 Å². The van der Waals surface area contributed by atoms with Crippen molar-refractivity contribution < 1.29 is 14.3 Å². The van der Waals surface area contributed by atoms with Crippen LogP contribution < -0.4 is 15.0 Å². The Morgan fingerprint density at radius 2 is 1.85 bits per heavy atom. The van der Waals surface area contributed by atoms with Crippen LogP contribution in [0.1, 0.15) is 19.3 Å². The van der Waals surface area contributed by atoms with Gasteiger partial charge in [-0.05, 0) is 37.1 Å². The normalized spacial score (nSPS) is 18.0. The number of nitrogens with one attached hydrogen (secondary N) is 1. The summed E-state index contributed by atoms with van der Waals surface area (Å²) < 4.78 is 5.20. The fourth-order valence-electron chi connectivity index (χ4n) is 3.65. The van der Waals surface area contributed by atoms with E-state index in [1.54, 1.807) is 7.11 Å². The van der Waals surface area contributed by atoms with E-state index in [0.29, 0.717) is 19.5 Å². The summed E-state index contributed by atoms with van der Waals surface area (Å²) in [5.74, 6) is 1.18. The highest BCUT2D eigenvalue weighted by molar-refractivity contribution is 5.78. The van der Waals surface area contributed by atoms with Crippen LogP contribution >= 0.6 is 0 Å². The van der Waals surface area contributed by atoms with Crippen molar-refractivity contribution in [3.63, 3.8) is 0 Å². The van der Waals surface area contributed by atoms with Crippen molar-refractivity contribution in [2.24, 2.45) is 0 Å². The third kappa shape index (κ3) is 5.60. The molecule has 1 aromatic carbocycles. The van der Waals surface area contributed by atoms with Crippen LogP contribution in [0.25, 0.3) is 0 Å². The van der Waals surface area contributed by atoms with Gasteiger partial charge in [-0.3, -0.25) is 14.5 Å². The lowest BCUT2D eigenvalue weighted by molar-refractivity contribution is -0.127. The Bertz CT molecular complexity index is 627. The van der Waals surface area contributed by atoms with Crippen LogP contribution in [0.3, 0.4) is 0 Å². The van der Waals surface area contributed by atoms with Crippen LogP contribution in [0.15, 0.2) is 24.3 Å². The van der Waals surface area contributed by atoms with Crippen LogP contribution in [-0.2, 0) is 9.59 Å². The van der Waals surface area contributed by atoms with Gasteiger partial charge >= 0.3 is 0 Å². The molecule has 7 nitrogen and oxygen atoms in total. The van der Waals surface area contributed by atoms with Gasteiger partial charge in [-0.25, -0.2) is 0 Å². The largest absolute Gasteiger partial charge is 0.497 e. The molecule has 27 heavy (non-hydrogen) atoms. The number of benzene rings is 1. The first kappa shape index (κ1) is 19.5. The molecule has 0 spiro atoms. The molecule has 0 radical (unpaired) electrons. The number of likely N-dealkylation sites (tertiary alicyclic amines) is 1. The number of ether oxygens (including phenoxy) is 1. The van der Waals surface area contributed by atoms with Crippen molar-refractivity contribution in [3.05, 3.63) is 24.3 Å². The lowest BCUT2D eigenvalue weighted by atomic mass is 10.2. The molecular formula is C20H30N4O3. The minimum atomic E-state index is 0.0700. The Morgan fingerprint density at radius 1 is 1.11 bits per heavy atom. The number of rotatable bonds is 8. The average Bonchev–Trinajstić information content (AvgIpc) is 3.11. The maximum atomic E-state index is 12.1.